The van der Waals surface area contributed by atoms with Crippen LogP contribution in [0.15, 0.2) is 11.6 Å². The molecule has 1 fully saturated rings. The quantitative estimate of drug-likeness (QED) is 0.773. The Hall–Kier alpha value is -1.07. The van der Waals surface area contributed by atoms with Crippen molar-refractivity contribution in [2.24, 2.45) is 0 Å². The molecule has 2 aliphatic rings. The number of aliphatic hydroxyl groups is 1. The summed E-state index contributed by atoms with van der Waals surface area (Å²) in [6.45, 7) is 9.55. The lowest BCUT2D eigenvalue weighted by Crippen LogP contribution is -2.53. The molecular weight excluding hydrogens is 306 g/mol. The molecule has 2 atom stereocenters. The summed E-state index contributed by atoms with van der Waals surface area (Å²) in [5.74, 6) is 0. The smallest absolute Gasteiger partial charge is 0.413 e. The molecule has 0 bridgehead atoms. The van der Waals surface area contributed by atoms with Crippen LogP contribution in [0.1, 0.15) is 73.1 Å². The summed E-state index contributed by atoms with van der Waals surface area (Å²) < 4.78 is 11.4. The van der Waals surface area contributed by atoms with Crippen molar-refractivity contribution in [3.05, 3.63) is 11.6 Å². The monoisotopic (exact) mass is 339 g/mol. The van der Waals surface area contributed by atoms with Crippen LogP contribution in [-0.2, 0) is 9.47 Å². The van der Waals surface area contributed by atoms with Crippen LogP contribution >= 0.6 is 0 Å². The largest absolute Gasteiger partial charge is 0.444 e. The van der Waals surface area contributed by atoms with Gasteiger partial charge >= 0.3 is 6.09 Å². The Labute approximate surface area is 146 Å². The second-order valence-electron chi connectivity index (χ2n) is 8.35. The lowest BCUT2D eigenvalue weighted by molar-refractivity contribution is -0.0665. The molecule has 1 amide bonds. The number of hydrogen-bond donors (Lipinski definition) is 1. The van der Waals surface area contributed by atoms with Crippen LogP contribution < -0.4 is 0 Å². The number of amides is 1. The number of rotatable bonds is 2. The van der Waals surface area contributed by atoms with Gasteiger partial charge in [-0.05, 0) is 65.9 Å². The Morgan fingerprint density at radius 3 is 2.67 bits per heavy atom. The third kappa shape index (κ3) is 4.73. The molecule has 0 spiro atoms. The highest BCUT2D eigenvalue weighted by Gasteiger charge is 2.48. The van der Waals surface area contributed by atoms with Crippen LogP contribution in [0.4, 0.5) is 4.79 Å². The molecular formula is C19H33NO4. The first-order valence-corrected chi connectivity index (χ1v) is 9.15. The van der Waals surface area contributed by atoms with Gasteiger partial charge in [-0.25, -0.2) is 4.79 Å². The average Bonchev–Trinajstić information content (AvgIpc) is 2.71. The van der Waals surface area contributed by atoms with Crippen molar-refractivity contribution < 1.29 is 19.4 Å². The van der Waals surface area contributed by atoms with Gasteiger partial charge in [0.15, 0.2) is 0 Å². The fourth-order valence-electron chi connectivity index (χ4n) is 3.46. The standard InChI is InChI=1S/C19H33NO4/c1-18(2,3)24-17(22)20-15(13-23-19(20,4)5)16(21)14-11-9-7-6-8-10-12-14/h11,15-16,21H,6-10,12-13H2,1-5H3/b14-11-/t15-,16?/m0/s1. The first kappa shape index (κ1) is 19.3. The van der Waals surface area contributed by atoms with E-state index in [4.69, 9.17) is 9.47 Å². The van der Waals surface area contributed by atoms with Gasteiger partial charge in [-0.3, -0.25) is 4.90 Å². The number of aliphatic hydroxyl groups excluding tert-OH is 1. The fourth-order valence-corrected chi connectivity index (χ4v) is 3.46. The summed E-state index contributed by atoms with van der Waals surface area (Å²) in [5.41, 5.74) is -0.324. The van der Waals surface area contributed by atoms with Crippen molar-refractivity contribution in [1.82, 2.24) is 4.90 Å². The second kappa shape index (κ2) is 7.44. The van der Waals surface area contributed by atoms with Crippen molar-refractivity contribution >= 4 is 6.09 Å². The Kier molecular flexibility index (Phi) is 5.97. The molecule has 0 saturated carbocycles. The number of carbonyl (C=O) groups is 1. The van der Waals surface area contributed by atoms with E-state index in [-0.39, 0.29) is 0 Å². The average molecular weight is 339 g/mol. The third-order valence-corrected chi connectivity index (χ3v) is 4.68. The Balaban J connectivity index is 2.18. The molecule has 1 unspecified atom stereocenters. The molecule has 138 valence electrons. The first-order valence-electron chi connectivity index (χ1n) is 9.15. The minimum atomic E-state index is -0.782. The molecule has 1 aliphatic carbocycles. The molecule has 1 heterocycles. The normalized spacial score (nSPS) is 28.5. The Morgan fingerprint density at radius 2 is 2.00 bits per heavy atom. The highest BCUT2D eigenvalue weighted by Crippen LogP contribution is 2.34. The maximum atomic E-state index is 12.7. The van der Waals surface area contributed by atoms with Crippen LogP contribution in [0.2, 0.25) is 0 Å². The van der Waals surface area contributed by atoms with Crippen molar-refractivity contribution in [3.8, 4) is 0 Å². The maximum absolute atomic E-state index is 12.7. The zero-order chi connectivity index (χ0) is 18.0. The summed E-state index contributed by atoms with van der Waals surface area (Å²) in [5, 5.41) is 10.9. The minimum absolute atomic E-state index is 0.324. The summed E-state index contributed by atoms with van der Waals surface area (Å²) in [4.78, 5) is 14.3. The molecule has 5 nitrogen and oxygen atoms in total. The number of allylic oxidation sites excluding steroid dienone is 1. The van der Waals surface area contributed by atoms with Gasteiger partial charge in [0.1, 0.15) is 11.3 Å². The van der Waals surface area contributed by atoms with Crippen molar-refractivity contribution in [1.29, 1.82) is 0 Å². The number of hydrogen-bond acceptors (Lipinski definition) is 4. The van der Waals surface area contributed by atoms with Crippen LogP contribution in [0.5, 0.6) is 0 Å². The van der Waals surface area contributed by atoms with E-state index in [2.05, 4.69) is 6.08 Å². The highest BCUT2D eigenvalue weighted by atomic mass is 16.6. The molecule has 1 saturated heterocycles. The molecule has 0 radical (unpaired) electrons. The van der Waals surface area contributed by atoms with Gasteiger partial charge in [0.05, 0.1) is 18.8 Å². The topological polar surface area (TPSA) is 59.0 Å². The Morgan fingerprint density at radius 1 is 1.33 bits per heavy atom. The minimum Gasteiger partial charge on any atom is -0.444 e. The molecule has 5 heteroatoms. The van der Waals surface area contributed by atoms with E-state index in [0.717, 1.165) is 24.8 Å². The van der Waals surface area contributed by atoms with E-state index >= 15 is 0 Å². The van der Waals surface area contributed by atoms with Crippen LogP contribution in [-0.4, -0.2) is 46.2 Å². The van der Waals surface area contributed by atoms with Gasteiger partial charge in [0, 0.05) is 0 Å². The molecule has 0 aromatic carbocycles. The second-order valence-corrected chi connectivity index (χ2v) is 8.35. The van der Waals surface area contributed by atoms with Crippen molar-refractivity contribution in [2.45, 2.75) is 96.6 Å². The zero-order valence-electron chi connectivity index (χ0n) is 15.8. The molecule has 1 N–H and O–H groups in total. The predicted octanol–water partition coefficient (Wildman–Crippen LogP) is 4.00. The molecule has 0 aromatic heterocycles. The van der Waals surface area contributed by atoms with Gasteiger partial charge in [-0.15, -0.1) is 0 Å². The molecule has 0 aromatic rings. The third-order valence-electron chi connectivity index (χ3n) is 4.68. The fraction of sp³-hybridized carbons (Fsp3) is 0.842. The highest BCUT2D eigenvalue weighted by molar-refractivity contribution is 5.70. The van der Waals surface area contributed by atoms with Crippen LogP contribution in [0.25, 0.3) is 0 Å². The van der Waals surface area contributed by atoms with E-state index in [9.17, 15) is 9.90 Å². The van der Waals surface area contributed by atoms with Gasteiger partial charge in [0.2, 0.25) is 0 Å². The van der Waals surface area contributed by atoms with Crippen LogP contribution in [0.3, 0.4) is 0 Å². The summed E-state index contributed by atoms with van der Waals surface area (Å²) in [6.07, 6.45) is 7.62. The predicted molar refractivity (Wildman–Crippen MR) is 93.7 cm³/mol. The van der Waals surface area contributed by atoms with E-state index in [1.807, 2.05) is 34.6 Å². The molecule has 1 aliphatic heterocycles. The van der Waals surface area contributed by atoms with Crippen LogP contribution in [0, 0.1) is 0 Å². The van der Waals surface area contributed by atoms with E-state index in [0.29, 0.717) is 6.61 Å². The zero-order valence-corrected chi connectivity index (χ0v) is 15.8. The van der Waals surface area contributed by atoms with Gasteiger partial charge in [-0.2, -0.15) is 0 Å². The van der Waals surface area contributed by atoms with Gasteiger partial charge < -0.3 is 14.6 Å². The Bertz CT molecular complexity index is 478. The van der Waals surface area contributed by atoms with E-state index < -0.39 is 29.6 Å². The maximum Gasteiger partial charge on any atom is 0.413 e. The van der Waals surface area contributed by atoms with Gasteiger partial charge in [-0.1, -0.05) is 18.9 Å². The summed E-state index contributed by atoms with van der Waals surface area (Å²) in [7, 11) is 0. The number of carbonyl (C=O) groups excluding carboxylic acids is 1. The van der Waals surface area contributed by atoms with E-state index in [1.54, 1.807) is 4.90 Å². The first-order chi connectivity index (χ1) is 11.1. The number of ether oxygens (including phenoxy) is 2. The van der Waals surface area contributed by atoms with Crippen molar-refractivity contribution in [2.75, 3.05) is 6.61 Å². The lowest BCUT2D eigenvalue weighted by atomic mass is 9.92. The summed E-state index contributed by atoms with van der Waals surface area (Å²) >= 11 is 0. The van der Waals surface area contributed by atoms with Gasteiger partial charge in [0.25, 0.3) is 0 Å². The van der Waals surface area contributed by atoms with Crippen molar-refractivity contribution in [3.63, 3.8) is 0 Å². The number of nitrogens with zero attached hydrogens (tertiary/aromatic N) is 1. The SMILES string of the molecule is CC(C)(C)OC(=O)N1[C@H](C(O)/C2=C\CCCCCC2)COC1(C)C. The van der Waals surface area contributed by atoms with E-state index in [1.165, 1.54) is 19.3 Å². The summed E-state index contributed by atoms with van der Waals surface area (Å²) in [6, 6.07) is -0.402. The molecule has 2 rings (SSSR count). The lowest BCUT2D eigenvalue weighted by Gasteiger charge is -2.37. The molecule has 24 heavy (non-hydrogen) atoms.